The van der Waals surface area contributed by atoms with Gasteiger partial charge in [0.05, 0.1) is 18.7 Å². The van der Waals surface area contributed by atoms with Crippen LogP contribution in [0.2, 0.25) is 0 Å². The first-order valence-corrected chi connectivity index (χ1v) is 8.78. The molecule has 0 unspecified atom stereocenters. The fourth-order valence-electron chi connectivity index (χ4n) is 3.59. The van der Waals surface area contributed by atoms with E-state index >= 15 is 0 Å². The van der Waals surface area contributed by atoms with Crippen LogP contribution in [0.15, 0.2) is 36.8 Å². The number of carbonyl (C=O) groups is 1. The molecule has 1 aromatic carbocycles. The molecule has 26 heavy (non-hydrogen) atoms. The first-order valence-electron chi connectivity index (χ1n) is 8.78. The van der Waals surface area contributed by atoms with Gasteiger partial charge in [0.15, 0.2) is 5.65 Å². The summed E-state index contributed by atoms with van der Waals surface area (Å²) in [5.41, 5.74) is 3.58. The number of benzene rings is 1. The van der Waals surface area contributed by atoms with E-state index in [0.29, 0.717) is 11.6 Å². The summed E-state index contributed by atoms with van der Waals surface area (Å²) in [6, 6.07) is 8.69. The Morgan fingerprint density at radius 3 is 2.77 bits per heavy atom. The number of fused-ring (bicyclic) bond motifs is 2. The quantitative estimate of drug-likeness (QED) is 0.686. The monoisotopic (exact) mass is 351 g/mol. The van der Waals surface area contributed by atoms with Crippen LogP contribution in [0.3, 0.4) is 0 Å². The van der Waals surface area contributed by atoms with E-state index in [2.05, 4.69) is 44.6 Å². The van der Waals surface area contributed by atoms with Crippen molar-refractivity contribution in [3.63, 3.8) is 0 Å². The minimum absolute atomic E-state index is 0.0385. The molecule has 0 fully saturated rings. The summed E-state index contributed by atoms with van der Waals surface area (Å²) < 4.78 is 6.22. The minimum atomic E-state index is -0.357. The number of carbonyl (C=O) groups excluding carboxylic acids is 1. The Balaban J connectivity index is 1.40. The largest absolute Gasteiger partial charge is 0.468 e. The van der Waals surface area contributed by atoms with Crippen LogP contribution in [-0.2, 0) is 28.9 Å². The summed E-state index contributed by atoms with van der Waals surface area (Å²) in [5, 5.41) is 8.44. The second kappa shape index (κ2) is 7.11. The van der Waals surface area contributed by atoms with Gasteiger partial charge in [0, 0.05) is 6.54 Å². The molecule has 0 spiro atoms. The average Bonchev–Trinajstić information content (AvgIpc) is 3.26. The normalized spacial score (nSPS) is 13.7. The van der Waals surface area contributed by atoms with E-state index in [1.165, 1.54) is 29.2 Å². The molecule has 134 valence electrons. The van der Waals surface area contributed by atoms with Gasteiger partial charge >= 0.3 is 5.97 Å². The predicted octanol–water partition coefficient (Wildman–Crippen LogP) is 2.22. The van der Waals surface area contributed by atoms with Gasteiger partial charge in [0.2, 0.25) is 0 Å². The van der Waals surface area contributed by atoms with Crippen molar-refractivity contribution < 1.29 is 9.53 Å². The number of ether oxygens (including phenoxy) is 1. The molecule has 0 aliphatic heterocycles. The van der Waals surface area contributed by atoms with Gasteiger partial charge in [-0.05, 0) is 36.3 Å². The molecule has 3 aromatic rings. The number of aromatic nitrogens is 4. The molecular weight excluding hydrogens is 330 g/mol. The number of anilines is 1. The number of esters is 1. The zero-order valence-electron chi connectivity index (χ0n) is 14.7. The lowest BCUT2D eigenvalue weighted by Gasteiger charge is -2.11. The fourth-order valence-corrected chi connectivity index (χ4v) is 3.59. The van der Waals surface area contributed by atoms with Crippen LogP contribution in [0.5, 0.6) is 0 Å². The first-order chi connectivity index (χ1) is 12.7. The van der Waals surface area contributed by atoms with Crippen molar-refractivity contribution in [2.75, 3.05) is 19.0 Å². The Morgan fingerprint density at radius 2 is 2.04 bits per heavy atom. The SMILES string of the molecule is COC(=O)Cn1ncc2c(NCCC3Cc4ccccc4C3)ncnc21. The molecule has 2 aromatic heterocycles. The van der Waals surface area contributed by atoms with Gasteiger partial charge < -0.3 is 10.1 Å². The van der Waals surface area contributed by atoms with Crippen molar-refractivity contribution >= 4 is 22.8 Å². The fraction of sp³-hybridized carbons (Fsp3) is 0.368. The molecule has 7 nitrogen and oxygen atoms in total. The number of hydrogen-bond donors (Lipinski definition) is 1. The van der Waals surface area contributed by atoms with Gasteiger partial charge in [-0.2, -0.15) is 5.10 Å². The average molecular weight is 351 g/mol. The molecule has 0 saturated carbocycles. The lowest BCUT2D eigenvalue weighted by Crippen LogP contribution is -2.13. The molecule has 0 atom stereocenters. The molecule has 0 bridgehead atoms. The second-order valence-corrected chi connectivity index (χ2v) is 6.60. The van der Waals surface area contributed by atoms with Gasteiger partial charge in [-0.15, -0.1) is 0 Å². The van der Waals surface area contributed by atoms with Crippen LogP contribution in [0.25, 0.3) is 11.0 Å². The van der Waals surface area contributed by atoms with Crippen LogP contribution in [0.1, 0.15) is 17.5 Å². The van der Waals surface area contributed by atoms with Crippen molar-refractivity contribution in [3.8, 4) is 0 Å². The number of methoxy groups -OCH3 is 1. The molecule has 1 aliphatic rings. The van der Waals surface area contributed by atoms with Crippen molar-refractivity contribution in [2.24, 2.45) is 5.92 Å². The van der Waals surface area contributed by atoms with Crippen LogP contribution in [0.4, 0.5) is 5.82 Å². The van der Waals surface area contributed by atoms with E-state index in [-0.39, 0.29) is 12.5 Å². The van der Waals surface area contributed by atoms with Crippen molar-refractivity contribution in [1.82, 2.24) is 19.7 Å². The highest BCUT2D eigenvalue weighted by Crippen LogP contribution is 2.28. The highest BCUT2D eigenvalue weighted by atomic mass is 16.5. The van der Waals surface area contributed by atoms with Crippen LogP contribution in [-0.4, -0.2) is 39.4 Å². The Kier molecular flexibility index (Phi) is 4.51. The van der Waals surface area contributed by atoms with E-state index in [0.717, 1.165) is 37.0 Å². The third-order valence-corrected chi connectivity index (χ3v) is 4.92. The molecule has 0 radical (unpaired) electrons. The van der Waals surface area contributed by atoms with E-state index in [1.807, 2.05) is 0 Å². The smallest absolute Gasteiger partial charge is 0.327 e. The number of rotatable bonds is 6. The molecule has 2 heterocycles. The Hall–Kier alpha value is -2.96. The van der Waals surface area contributed by atoms with Gasteiger partial charge in [0.25, 0.3) is 0 Å². The summed E-state index contributed by atoms with van der Waals surface area (Å²) in [5.74, 6) is 1.06. The topological polar surface area (TPSA) is 81.9 Å². The van der Waals surface area contributed by atoms with E-state index in [1.54, 1.807) is 6.20 Å². The highest BCUT2D eigenvalue weighted by Gasteiger charge is 2.20. The van der Waals surface area contributed by atoms with Crippen LogP contribution < -0.4 is 5.32 Å². The first kappa shape index (κ1) is 16.5. The zero-order valence-corrected chi connectivity index (χ0v) is 14.7. The maximum atomic E-state index is 11.5. The van der Waals surface area contributed by atoms with Crippen LogP contribution >= 0.6 is 0 Å². The highest BCUT2D eigenvalue weighted by molar-refractivity contribution is 5.86. The minimum Gasteiger partial charge on any atom is -0.468 e. The van der Waals surface area contributed by atoms with E-state index in [4.69, 9.17) is 4.74 Å². The van der Waals surface area contributed by atoms with Crippen molar-refractivity contribution in [2.45, 2.75) is 25.8 Å². The van der Waals surface area contributed by atoms with Gasteiger partial charge in [-0.1, -0.05) is 24.3 Å². The lowest BCUT2D eigenvalue weighted by atomic mass is 10.0. The third kappa shape index (κ3) is 3.24. The standard InChI is InChI=1S/C19H21N5O2/c1-26-17(25)11-24-19-16(10-23-24)18(21-12-22-19)20-7-6-13-8-14-4-2-3-5-15(14)9-13/h2-5,10,12-13H,6-9,11H2,1H3,(H,20,21,22). The Bertz CT molecular complexity index is 912. The summed E-state index contributed by atoms with van der Waals surface area (Å²) >= 11 is 0. The maximum Gasteiger partial charge on any atom is 0.327 e. The van der Waals surface area contributed by atoms with E-state index < -0.39 is 0 Å². The molecule has 1 N–H and O–H groups in total. The van der Waals surface area contributed by atoms with Crippen LogP contribution in [0, 0.1) is 5.92 Å². The molecule has 1 aliphatic carbocycles. The summed E-state index contributed by atoms with van der Waals surface area (Å²) in [4.78, 5) is 20.1. The summed E-state index contributed by atoms with van der Waals surface area (Å²) in [7, 11) is 1.36. The van der Waals surface area contributed by atoms with Gasteiger partial charge in [-0.3, -0.25) is 4.79 Å². The third-order valence-electron chi connectivity index (χ3n) is 4.92. The summed E-state index contributed by atoms with van der Waals surface area (Å²) in [6.45, 7) is 0.879. The second-order valence-electron chi connectivity index (χ2n) is 6.60. The number of hydrogen-bond acceptors (Lipinski definition) is 6. The molecular formula is C19H21N5O2. The molecule has 0 saturated heterocycles. The maximum absolute atomic E-state index is 11.5. The zero-order chi connectivity index (χ0) is 17.9. The van der Waals surface area contributed by atoms with Gasteiger partial charge in [0.1, 0.15) is 18.7 Å². The molecule has 7 heteroatoms. The Labute approximate surface area is 151 Å². The van der Waals surface area contributed by atoms with Crippen molar-refractivity contribution in [3.05, 3.63) is 47.9 Å². The van der Waals surface area contributed by atoms with Gasteiger partial charge in [-0.25, -0.2) is 14.6 Å². The summed E-state index contributed by atoms with van der Waals surface area (Å²) in [6.07, 6.45) is 6.55. The number of nitrogens with one attached hydrogen (secondary N) is 1. The van der Waals surface area contributed by atoms with Crippen molar-refractivity contribution in [1.29, 1.82) is 0 Å². The van der Waals surface area contributed by atoms with E-state index in [9.17, 15) is 4.79 Å². The predicted molar refractivity (Wildman–Crippen MR) is 97.8 cm³/mol. The lowest BCUT2D eigenvalue weighted by molar-refractivity contribution is -0.141. The Morgan fingerprint density at radius 1 is 1.27 bits per heavy atom. The number of nitrogens with zero attached hydrogens (tertiary/aromatic N) is 4. The molecule has 0 amide bonds. The molecule has 4 rings (SSSR count).